The predicted molar refractivity (Wildman–Crippen MR) is 131 cm³/mol. The molecule has 0 aliphatic carbocycles. The minimum atomic E-state index is -5.00. The number of allylic oxidation sites excluding steroid dienone is 4. The van der Waals surface area contributed by atoms with Crippen molar-refractivity contribution in [3.63, 3.8) is 0 Å². The molecule has 2 aromatic heterocycles. The summed E-state index contributed by atoms with van der Waals surface area (Å²) in [7, 11) is 0. The van der Waals surface area contributed by atoms with E-state index in [4.69, 9.17) is 0 Å². The van der Waals surface area contributed by atoms with Crippen LogP contribution in [0.25, 0.3) is 0 Å². The average molecular weight is 570 g/mol. The van der Waals surface area contributed by atoms with Gasteiger partial charge in [0.15, 0.2) is 0 Å². The molecule has 15 heteroatoms. The molecule has 0 spiro atoms. The first-order chi connectivity index (χ1) is 18.5. The molecule has 1 atom stereocenters. The Balaban J connectivity index is 0.000000886. The van der Waals surface area contributed by atoms with Crippen molar-refractivity contribution in [2.75, 3.05) is 5.32 Å². The van der Waals surface area contributed by atoms with Gasteiger partial charge in [0.25, 0.3) is 0 Å². The van der Waals surface area contributed by atoms with E-state index in [1.54, 1.807) is 23.5 Å². The zero-order chi connectivity index (χ0) is 28.9. The Hall–Kier alpha value is -4.84. The van der Waals surface area contributed by atoms with Gasteiger partial charge in [-0.15, -0.1) is 5.10 Å². The van der Waals surface area contributed by atoms with Crippen LogP contribution in [0.1, 0.15) is 16.8 Å². The number of amides is 1. The number of rotatable bonds is 7. The van der Waals surface area contributed by atoms with Gasteiger partial charge in [0.2, 0.25) is 0 Å². The van der Waals surface area contributed by atoms with Crippen molar-refractivity contribution in [1.29, 1.82) is 0 Å². The summed E-state index contributed by atoms with van der Waals surface area (Å²) < 4.78 is 77.5. The van der Waals surface area contributed by atoms with Gasteiger partial charge in [-0.2, -0.15) is 22.0 Å². The van der Waals surface area contributed by atoms with Crippen molar-refractivity contribution in [2.45, 2.75) is 24.7 Å². The number of aromatic nitrogens is 5. The molecule has 0 saturated carbocycles. The molecule has 1 unspecified atom stereocenters. The molecule has 40 heavy (non-hydrogen) atoms. The maximum atomic E-state index is 14.4. The van der Waals surface area contributed by atoms with Gasteiger partial charge in [0.05, 0.1) is 12.9 Å². The Morgan fingerprint density at radius 3 is 2.23 bits per heavy atom. The number of aliphatic hydroxyl groups is 1. The lowest BCUT2D eigenvalue weighted by molar-refractivity contribution is -0.167. The van der Waals surface area contributed by atoms with Crippen molar-refractivity contribution in [2.24, 2.45) is 0 Å². The molecule has 0 bridgehead atoms. The van der Waals surface area contributed by atoms with Crippen molar-refractivity contribution < 1.29 is 40.9 Å². The van der Waals surface area contributed by atoms with Gasteiger partial charge in [-0.3, -0.25) is 14.5 Å². The predicted octanol–water partition coefficient (Wildman–Crippen LogP) is 4.49. The van der Waals surface area contributed by atoms with E-state index < -0.39 is 36.3 Å². The third-order valence-electron chi connectivity index (χ3n) is 4.46. The van der Waals surface area contributed by atoms with Gasteiger partial charge in [0, 0.05) is 23.0 Å². The molecule has 1 aromatic carbocycles. The van der Waals surface area contributed by atoms with Crippen LogP contribution in [0.3, 0.4) is 0 Å². The third kappa shape index (κ3) is 10.5. The Kier molecular flexibility index (Phi) is 12.9. The first-order valence-corrected chi connectivity index (χ1v) is 10.7. The van der Waals surface area contributed by atoms with Crippen molar-refractivity contribution >= 4 is 11.6 Å². The molecule has 0 fully saturated rings. The number of tetrazole rings is 1. The zero-order valence-electron chi connectivity index (χ0n) is 20.3. The Morgan fingerprint density at radius 1 is 1.05 bits per heavy atom. The number of carbonyl (C=O) groups is 1. The highest BCUT2D eigenvalue weighted by atomic mass is 19.4. The number of nitrogens with zero attached hydrogens (tertiary/aromatic N) is 5. The average Bonchev–Trinajstić information content (AvgIpc) is 3.42. The largest absolute Gasteiger partial charge is 0.471 e. The SMILES string of the molecule is C=C/C=C\C=C\F.F.O=C(Nc1ccc(C#Cc2ccc(C(F)(F)C(O)Cn3cnnn3)nc2)cc1)C(F)(F)F. The van der Waals surface area contributed by atoms with Gasteiger partial charge >= 0.3 is 18.0 Å². The zero-order valence-corrected chi connectivity index (χ0v) is 20.3. The second-order valence-corrected chi connectivity index (χ2v) is 7.32. The van der Waals surface area contributed by atoms with E-state index in [0.717, 1.165) is 23.3 Å². The van der Waals surface area contributed by atoms with Crippen LogP contribution in [-0.2, 0) is 17.3 Å². The van der Waals surface area contributed by atoms with Crippen LogP contribution >= 0.6 is 0 Å². The molecule has 212 valence electrons. The number of hydrogen-bond donors (Lipinski definition) is 2. The number of benzene rings is 1. The van der Waals surface area contributed by atoms with Crippen LogP contribution in [0.15, 0.2) is 86.1 Å². The second-order valence-electron chi connectivity index (χ2n) is 7.32. The molecule has 0 radical (unpaired) electrons. The lowest BCUT2D eigenvalue weighted by Gasteiger charge is -2.21. The van der Waals surface area contributed by atoms with E-state index in [9.17, 15) is 36.2 Å². The fourth-order valence-corrected chi connectivity index (χ4v) is 2.56. The molecule has 8 nitrogen and oxygen atoms in total. The highest BCUT2D eigenvalue weighted by Gasteiger charge is 2.42. The molecular weight excluding hydrogens is 549 g/mol. The lowest BCUT2D eigenvalue weighted by Crippen LogP contribution is -2.35. The number of pyridine rings is 1. The molecule has 3 rings (SSSR count). The van der Waals surface area contributed by atoms with E-state index in [1.165, 1.54) is 36.4 Å². The van der Waals surface area contributed by atoms with E-state index in [1.807, 2.05) is 0 Å². The highest BCUT2D eigenvalue weighted by molar-refractivity contribution is 5.94. The van der Waals surface area contributed by atoms with Crippen molar-refractivity contribution in [1.82, 2.24) is 25.2 Å². The fraction of sp³-hybridized carbons (Fsp3) is 0.160. The van der Waals surface area contributed by atoms with Crippen LogP contribution in [-0.4, -0.2) is 48.5 Å². The van der Waals surface area contributed by atoms with Crippen LogP contribution < -0.4 is 5.32 Å². The maximum Gasteiger partial charge on any atom is 0.471 e. The highest BCUT2D eigenvalue weighted by Crippen LogP contribution is 2.31. The molecule has 2 N–H and O–H groups in total. The van der Waals surface area contributed by atoms with E-state index in [0.29, 0.717) is 11.9 Å². The summed E-state index contributed by atoms with van der Waals surface area (Å²) in [5, 5.41) is 21.5. The first-order valence-electron chi connectivity index (χ1n) is 10.7. The van der Waals surface area contributed by atoms with Gasteiger partial charge in [0.1, 0.15) is 18.1 Å². The minimum absolute atomic E-state index is 0. The monoisotopic (exact) mass is 570 g/mol. The second kappa shape index (κ2) is 15.5. The number of carbonyl (C=O) groups excluding carboxylic acids is 1. The smallest absolute Gasteiger partial charge is 0.384 e. The maximum absolute atomic E-state index is 14.4. The van der Waals surface area contributed by atoms with Crippen LogP contribution in [0, 0.1) is 11.8 Å². The Morgan fingerprint density at radius 2 is 1.70 bits per heavy atom. The lowest BCUT2D eigenvalue weighted by atomic mass is 10.1. The number of alkyl halides is 5. The number of aliphatic hydroxyl groups excluding tert-OH is 1. The summed E-state index contributed by atoms with van der Waals surface area (Å²) in [6, 6.07) is 7.53. The van der Waals surface area contributed by atoms with Crippen molar-refractivity contribution in [3.05, 3.63) is 103 Å². The molecule has 0 aliphatic rings. The Bertz CT molecular complexity index is 1330. The Labute approximate surface area is 223 Å². The van der Waals surface area contributed by atoms with Crippen LogP contribution in [0.5, 0.6) is 0 Å². The van der Waals surface area contributed by atoms with Gasteiger partial charge in [-0.05, 0) is 52.9 Å². The third-order valence-corrected chi connectivity index (χ3v) is 4.46. The summed E-state index contributed by atoms with van der Waals surface area (Å²) >= 11 is 0. The quantitative estimate of drug-likeness (QED) is 0.247. The van der Waals surface area contributed by atoms with Crippen molar-refractivity contribution in [3.8, 4) is 11.8 Å². The molecule has 3 aromatic rings. The molecular formula is C25H21F7N6O2. The van der Waals surface area contributed by atoms with Gasteiger partial charge in [-0.25, -0.2) is 9.07 Å². The van der Waals surface area contributed by atoms with Gasteiger partial charge < -0.3 is 10.4 Å². The van der Waals surface area contributed by atoms with Crippen LogP contribution in [0.2, 0.25) is 0 Å². The number of halogens is 7. The molecule has 0 saturated heterocycles. The number of nitrogens with one attached hydrogen (secondary N) is 1. The first kappa shape index (κ1) is 33.2. The molecule has 0 aliphatic heterocycles. The minimum Gasteiger partial charge on any atom is -0.384 e. The standard InChI is InChI=1S/C19H13F5N6O2.C6H7F.FH/c20-18(21,16(31)10-30-11-26-28-29-30)15-8-5-13(9-25-15)2-1-12-3-6-14(7-4-12)27-17(32)19(22,23)24;1-2-3-4-5-6-7;/h3-9,11,16,31H,10H2,(H,27,32);2-6H,1H2;1H/b;4-3-,6-5+;. The van der Waals surface area contributed by atoms with E-state index in [-0.39, 0.29) is 16.0 Å². The molecule has 2 heterocycles. The van der Waals surface area contributed by atoms with E-state index >= 15 is 0 Å². The molecule has 1 amide bonds. The topological polar surface area (TPSA) is 106 Å². The number of hydrogen-bond acceptors (Lipinski definition) is 6. The summed E-state index contributed by atoms with van der Waals surface area (Å²) in [6.45, 7) is 2.85. The number of anilines is 1. The normalized spacial score (nSPS) is 12.0. The fourth-order valence-electron chi connectivity index (χ4n) is 2.56. The van der Waals surface area contributed by atoms with E-state index in [2.05, 4.69) is 38.9 Å². The van der Waals surface area contributed by atoms with Crippen LogP contribution in [0.4, 0.5) is 36.7 Å². The summed E-state index contributed by atoms with van der Waals surface area (Å²) in [5.74, 6) is -0.400. The van der Waals surface area contributed by atoms with Gasteiger partial charge in [-0.1, -0.05) is 36.6 Å². The summed E-state index contributed by atoms with van der Waals surface area (Å²) in [4.78, 5) is 14.6. The summed E-state index contributed by atoms with van der Waals surface area (Å²) in [6.07, 6.45) is 1.62. The summed E-state index contributed by atoms with van der Waals surface area (Å²) in [5.41, 5.74) is -0.0463.